The van der Waals surface area contributed by atoms with Gasteiger partial charge in [-0.15, -0.1) is 0 Å². The maximum absolute atomic E-state index is 12.3. The van der Waals surface area contributed by atoms with Crippen molar-refractivity contribution in [2.75, 3.05) is 19.8 Å². The van der Waals surface area contributed by atoms with Gasteiger partial charge in [0.15, 0.2) is 23.9 Å². The van der Waals surface area contributed by atoms with Crippen molar-refractivity contribution >= 4 is 27.6 Å². The second-order valence-electron chi connectivity index (χ2n) is 6.64. The summed E-state index contributed by atoms with van der Waals surface area (Å²) in [6, 6.07) is 10.0. The van der Waals surface area contributed by atoms with Crippen molar-refractivity contribution in [3.8, 4) is 11.5 Å². The van der Waals surface area contributed by atoms with Crippen molar-refractivity contribution < 1.29 is 32.2 Å². The summed E-state index contributed by atoms with van der Waals surface area (Å²) in [7, 11) is -3.70. The van der Waals surface area contributed by atoms with Crippen LogP contribution in [0.4, 0.5) is 0 Å². The molecule has 1 unspecified atom stereocenters. The third kappa shape index (κ3) is 3.86. The van der Waals surface area contributed by atoms with Crippen LogP contribution >= 0.6 is 0 Å². The molecule has 2 aliphatic heterocycles. The predicted octanol–water partition coefficient (Wildman–Crippen LogP) is 1.31. The van der Waals surface area contributed by atoms with Gasteiger partial charge in [-0.05, 0) is 37.3 Å². The van der Waals surface area contributed by atoms with E-state index in [-0.39, 0.29) is 10.7 Å². The summed E-state index contributed by atoms with van der Waals surface area (Å²) in [5, 5.41) is 0. The van der Waals surface area contributed by atoms with E-state index in [1.54, 1.807) is 36.4 Å². The van der Waals surface area contributed by atoms with Gasteiger partial charge in [-0.25, -0.2) is 13.2 Å². The Morgan fingerprint density at radius 1 is 1.13 bits per heavy atom. The number of fused-ring (bicyclic) bond motifs is 2. The van der Waals surface area contributed by atoms with E-state index < -0.39 is 34.4 Å². The Kier molecular flexibility index (Phi) is 5.17. The van der Waals surface area contributed by atoms with Crippen molar-refractivity contribution in [3.63, 3.8) is 0 Å². The average Bonchev–Trinajstić information content (AvgIpc) is 3.01. The third-order valence-corrected chi connectivity index (χ3v) is 5.93. The second kappa shape index (κ2) is 7.79. The molecular formula is C20H18N2O7S. The first-order chi connectivity index (χ1) is 14.3. The van der Waals surface area contributed by atoms with E-state index in [9.17, 15) is 18.0 Å². The van der Waals surface area contributed by atoms with Crippen molar-refractivity contribution in [1.29, 1.82) is 0 Å². The van der Waals surface area contributed by atoms with Crippen molar-refractivity contribution in [2.24, 2.45) is 4.99 Å². The lowest BCUT2D eigenvalue weighted by Crippen LogP contribution is -2.27. The minimum atomic E-state index is -3.70. The van der Waals surface area contributed by atoms with Crippen LogP contribution in [-0.2, 0) is 19.6 Å². The SMILES string of the molecule is CC(N=C1NS(=O)(=O)c2ccccc21)C(=O)OCC(=O)c1ccc2c(c1)OCCO2. The Bertz CT molecular complexity index is 1160. The van der Waals surface area contributed by atoms with E-state index in [0.29, 0.717) is 35.8 Å². The standard InChI is InChI=1S/C20H18N2O7S/c1-12(21-19-14-4-2-3-5-18(14)30(25,26)22-19)20(24)29-11-15(23)13-6-7-16-17(10-13)28-9-8-27-16/h2-7,10,12H,8-9,11H2,1H3,(H,21,22). The van der Waals surface area contributed by atoms with Gasteiger partial charge in [0, 0.05) is 11.1 Å². The van der Waals surface area contributed by atoms with E-state index in [0.717, 1.165) is 0 Å². The summed E-state index contributed by atoms with van der Waals surface area (Å²) in [4.78, 5) is 28.8. The van der Waals surface area contributed by atoms with Gasteiger partial charge >= 0.3 is 5.97 Å². The summed E-state index contributed by atoms with van der Waals surface area (Å²) in [6.45, 7) is 1.82. The normalized spacial score (nSPS) is 18.2. The molecule has 2 aliphatic rings. The van der Waals surface area contributed by atoms with Crippen LogP contribution in [0, 0.1) is 0 Å². The summed E-state index contributed by atoms with van der Waals surface area (Å²) < 4.78 is 42.5. The zero-order valence-corrected chi connectivity index (χ0v) is 16.8. The lowest BCUT2D eigenvalue weighted by atomic mass is 10.1. The van der Waals surface area contributed by atoms with Crippen LogP contribution in [0.1, 0.15) is 22.8 Å². The highest BCUT2D eigenvalue weighted by Crippen LogP contribution is 2.30. The molecule has 0 bridgehead atoms. The number of sulfonamides is 1. The first-order valence-electron chi connectivity index (χ1n) is 9.14. The molecule has 1 N–H and O–H groups in total. The van der Waals surface area contributed by atoms with Gasteiger partial charge in [0.2, 0.25) is 0 Å². The molecule has 1 atom stereocenters. The molecule has 0 aliphatic carbocycles. The monoisotopic (exact) mass is 430 g/mol. The predicted molar refractivity (Wildman–Crippen MR) is 105 cm³/mol. The van der Waals surface area contributed by atoms with E-state index in [1.807, 2.05) is 0 Å². The van der Waals surface area contributed by atoms with Gasteiger partial charge in [0.25, 0.3) is 10.0 Å². The summed E-state index contributed by atoms with van der Waals surface area (Å²) in [6.07, 6.45) is 0. The summed E-state index contributed by atoms with van der Waals surface area (Å²) in [5.74, 6) is -0.0822. The summed E-state index contributed by atoms with van der Waals surface area (Å²) >= 11 is 0. The first kappa shape index (κ1) is 19.9. The molecule has 0 spiro atoms. The number of benzene rings is 2. The molecule has 4 rings (SSSR count). The Hall–Kier alpha value is -3.40. The minimum absolute atomic E-state index is 0.0632. The van der Waals surface area contributed by atoms with Crippen LogP contribution in [-0.4, -0.2) is 51.9 Å². The maximum Gasteiger partial charge on any atom is 0.331 e. The molecule has 0 fully saturated rings. The fraction of sp³-hybridized carbons (Fsp3) is 0.250. The first-order valence-corrected chi connectivity index (χ1v) is 10.6. The van der Waals surface area contributed by atoms with Crippen LogP contribution in [0.25, 0.3) is 0 Å². The Morgan fingerprint density at radius 2 is 1.87 bits per heavy atom. The second-order valence-corrected chi connectivity index (χ2v) is 8.30. The quantitative estimate of drug-likeness (QED) is 0.561. The molecule has 30 heavy (non-hydrogen) atoms. The number of esters is 1. The van der Waals surface area contributed by atoms with Gasteiger partial charge in [0.05, 0.1) is 4.90 Å². The number of nitrogens with zero attached hydrogens (tertiary/aromatic N) is 1. The van der Waals surface area contributed by atoms with E-state index >= 15 is 0 Å². The van der Waals surface area contributed by atoms with Crippen molar-refractivity contribution in [2.45, 2.75) is 17.9 Å². The topological polar surface area (TPSA) is 120 Å². The fourth-order valence-corrected chi connectivity index (χ4v) is 4.27. The molecule has 2 aromatic carbocycles. The van der Waals surface area contributed by atoms with Gasteiger partial charge in [-0.1, -0.05) is 12.1 Å². The smallest absolute Gasteiger partial charge is 0.331 e. The van der Waals surface area contributed by atoms with Gasteiger partial charge < -0.3 is 14.2 Å². The van der Waals surface area contributed by atoms with Crippen molar-refractivity contribution in [3.05, 3.63) is 53.6 Å². The molecule has 0 radical (unpaired) electrons. The number of ether oxygens (including phenoxy) is 3. The average molecular weight is 430 g/mol. The van der Waals surface area contributed by atoms with Gasteiger partial charge in [-0.3, -0.25) is 14.5 Å². The zero-order valence-electron chi connectivity index (χ0n) is 16.0. The van der Waals surface area contributed by atoms with Crippen LogP contribution in [0.2, 0.25) is 0 Å². The van der Waals surface area contributed by atoms with Gasteiger partial charge in [0.1, 0.15) is 25.1 Å². The number of carbonyl (C=O) groups excluding carboxylic acids is 2. The third-order valence-electron chi connectivity index (χ3n) is 4.54. The molecule has 9 nitrogen and oxygen atoms in total. The minimum Gasteiger partial charge on any atom is -0.486 e. The number of hydrogen-bond acceptors (Lipinski definition) is 8. The number of amidine groups is 1. The van der Waals surface area contributed by atoms with Crippen LogP contribution in [0.3, 0.4) is 0 Å². The summed E-state index contributed by atoms with van der Waals surface area (Å²) in [5.41, 5.74) is 0.702. The van der Waals surface area contributed by atoms with Crippen LogP contribution in [0.15, 0.2) is 52.4 Å². The van der Waals surface area contributed by atoms with E-state index in [1.165, 1.54) is 13.0 Å². The lowest BCUT2D eigenvalue weighted by molar-refractivity contribution is -0.143. The Balaban J connectivity index is 1.41. The van der Waals surface area contributed by atoms with E-state index in [4.69, 9.17) is 14.2 Å². The largest absolute Gasteiger partial charge is 0.486 e. The molecule has 0 saturated carbocycles. The molecule has 2 aromatic rings. The maximum atomic E-state index is 12.3. The number of ketones is 1. The Morgan fingerprint density at radius 3 is 2.67 bits per heavy atom. The fourth-order valence-electron chi connectivity index (χ4n) is 3.03. The highest BCUT2D eigenvalue weighted by molar-refractivity contribution is 7.90. The highest BCUT2D eigenvalue weighted by Gasteiger charge is 2.31. The molecule has 0 saturated heterocycles. The number of hydrogen-bond donors (Lipinski definition) is 1. The molecule has 156 valence electrons. The van der Waals surface area contributed by atoms with Crippen LogP contribution in [0.5, 0.6) is 11.5 Å². The van der Waals surface area contributed by atoms with Crippen molar-refractivity contribution in [1.82, 2.24) is 4.72 Å². The number of rotatable bonds is 5. The molecule has 0 aromatic heterocycles. The van der Waals surface area contributed by atoms with Gasteiger partial charge in [-0.2, -0.15) is 0 Å². The highest BCUT2D eigenvalue weighted by atomic mass is 32.2. The number of nitrogens with one attached hydrogen (secondary N) is 1. The zero-order chi connectivity index (χ0) is 21.3. The molecule has 0 amide bonds. The Labute approximate surface area is 172 Å². The van der Waals surface area contributed by atoms with E-state index in [2.05, 4.69) is 9.71 Å². The number of carbonyl (C=O) groups is 2. The number of Topliss-reactive ketones (excluding diaryl/α,β-unsaturated/α-hetero) is 1. The molecule has 10 heteroatoms. The molecular weight excluding hydrogens is 412 g/mol. The molecule has 2 heterocycles. The van der Waals surface area contributed by atoms with Crippen LogP contribution < -0.4 is 14.2 Å². The lowest BCUT2D eigenvalue weighted by Gasteiger charge is -2.18. The number of aliphatic imine (C=N–C) groups is 1.